The third-order valence-corrected chi connectivity index (χ3v) is 7.75. The Morgan fingerprint density at radius 3 is 1.82 bits per heavy atom. The number of nitriles is 1. The van der Waals surface area contributed by atoms with Gasteiger partial charge in [0, 0.05) is 44.0 Å². The van der Waals surface area contributed by atoms with Crippen LogP contribution < -0.4 is 0 Å². The van der Waals surface area contributed by atoms with Gasteiger partial charge < -0.3 is 15.2 Å². The molecule has 0 amide bonds. The number of aliphatic hydroxyl groups excluding tert-OH is 2. The maximum atomic E-state index is 9.76. The number of benzene rings is 3. The monoisotopic (exact) mass is 783 g/mol. The van der Waals surface area contributed by atoms with Crippen molar-refractivity contribution in [1.82, 2.24) is 9.97 Å². The maximum Gasteiger partial charge on any atom is 0.0991 e. The van der Waals surface area contributed by atoms with Gasteiger partial charge in [0.15, 0.2) is 0 Å². The Morgan fingerprint density at radius 1 is 0.778 bits per heavy atom. The minimum absolute atomic E-state index is 0. The van der Waals surface area contributed by atoms with Crippen molar-refractivity contribution in [1.29, 1.82) is 5.26 Å². The molecule has 0 spiro atoms. The molecule has 0 aliphatic rings. The average Bonchev–Trinajstić information content (AvgIpc) is 2.91. The van der Waals surface area contributed by atoms with Crippen molar-refractivity contribution in [2.45, 2.75) is 94.8 Å². The van der Waals surface area contributed by atoms with Crippen LogP contribution in [0.5, 0.6) is 0 Å². The van der Waals surface area contributed by atoms with Crippen LogP contribution in [0.15, 0.2) is 54.7 Å². The summed E-state index contributed by atoms with van der Waals surface area (Å²) in [5, 5.41) is 28.7. The van der Waals surface area contributed by atoms with Gasteiger partial charge in [0.05, 0.1) is 35.2 Å². The zero-order valence-corrected chi connectivity index (χ0v) is 31.0. The molecule has 2 N–H and O–H groups in total. The van der Waals surface area contributed by atoms with Crippen molar-refractivity contribution in [3.05, 3.63) is 94.2 Å². The van der Waals surface area contributed by atoms with Gasteiger partial charge in [-0.15, -0.1) is 34.9 Å². The van der Waals surface area contributed by atoms with E-state index in [-0.39, 0.29) is 30.9 Å². The van der Waals surface area contributed by atoms with Crippen LogP contribution in [-0.2, 0) is 20.1 Å². The van der Waals surface area contributed by atoms with Gasteiger partial charge in [-0.1, -0.05) is 90.8 Å². The van der Waals surface area contributed by atoms with E-state index in [0.29, 0.717) is 12.0 Å². The van der Waals surface area contributed by atoms with Gasteiger partial charge in [0.1, 0.15) is 0 Å². The van der Waals surface area contributed by atoms with E-state index in [4.69, 9.17) is 9.97 Å². The molecule has 0 aliphatic carbocycles. The number of rotatable bonds is 5. The van der Waals surface area contributed by atoms with E-state index in [9.17, 15) is 15.5 Å². The van der Waals surface area contributed by atoms with Crippen LogP contribution in [-0.4, -0.2) is 32.4 Å². The molecule has 1 heterocycles. The molecular formula is C39H48IrN3O2-. The summed E-state index contributed by atoms with van der Waals surface area (Å²) in [6.45, 7) is 22.2. The van der Waals surface area contributed by atoms with Gasteiger partial charge in [0.2, 0.25) is 0 Å². The molecule has 0 saturated carbocycles. The summed E-state index contributed by atoms with van der Waals surface area (Å²) in [4.78, 5) is 9.95. The summed E-state index contributed by atoms with van der Waals surface area (Å²) in [5.41, 5.74) is 11.4. The van der Waals surface area contributed by atoms with Crippen LogP contribution in [0.4, 0.5) is 0 Å². The smallest absolute Gasteiger partial charge is 0.0991 e. The summed E-state index contributed by atoms with van der Waals surface area (Å²) < 4.78 is 0. The fourth-order valence-corrected chi connectivity index (χ4v) is 4.99. The van der Waals surface area contributed by atoms with E-state index >= 15 is 0 Å². The van der Waals surface area contributed by atoms with Crippen molar-refractivity contribution < 1.29 is 30.3 Å². The van der Waals surface area contributed by atoms with E-state index in [1.165, 1.54) is 16.7 Å². The molecule has 1 radical (unpaired) electrons. The van der Waals surface area contributed by atoms with E-state index in [0.717, 1.165) is 44.9 Å². The van der Waals surface area contributed by atoms with Crippen LogP contribution in [0.2, 0.25) is 0 Å². The third-order valence-electron chi connectivity index (χ3n) is 7.75. The van der Waals surface area contributed by atoms with Crippen molar-refractivity contribution >= 4 is 0 Å². The van der Waals surface area contributed by atoms with Gasteiger partial charge >= 0.3 is 0 Å². The summed E-state index contributed by atoms with van der Waals surface area (Å²) in [6.07, 6.45) is 1.39. The second kappa shape index (κ2) is 15.4. The average molecular weight is 783 g/mol. The van der Waals surface area contributed by atoms with Gasteiger partial charge in [-0.3, -0.25) is 4.98 Å². The Labute approximate surface area is 284 Å². The Hall–Kier alpha value is -3.20. The standard InChI is InChI=1S/C28H24N3.C11H24O2.Ir/c1-17-8-18(2)11-23(10-17)27-28(24-12-19(3)9-20(4)13-24)31-26(16-30-27)25-7-6-22(15-29)14-21(25)5;1-10(2,3)8(12)7-9(13)11(4,5)6;/h6-10,12-14,16H,1-5H3;8-9,12-13H,7H2,1-6H3;/q-1;;. The van der Waals surface area contributed by atoms with Gasteiger partial charge in [-0.05, 0) is 54.9 Å². The van der Waals surface area contributed by atoms with E-state index in [1.807, 2.05) is 72.9 Å². The molecule has 6 heteroatoms. The van der Waals surface area contributed by atoms with Gasteiger partial charge in [-0.2, -0.15) is 5.26 Å². The Bertz CT molecular complexity index is 1600. The molecule has 0 aliphatic heterocycles. The molecule has 4 rings (SSSR count). The topological polar surface area (TPSA) is 90.0 Å². The quantitative estimate of drug-likeness (QED) is 0.198. The van der Waals surface area contributed by atoms with E-state index in [2.05, 4.69) is 70.2 Å². The first-order chi connectivity index (χ1) is 20.4. The molecule has 2 atom stereocenters. The first-order valence-corrected chi connectivity index (χ1v) is 15.2. The first kappa shape index (κ1) is 38.0. The second-order valence-electron chi connectivity index (χ2n) is 14.2. The molecule has 1 aromatic heterocycles. The van der Waals surface area contributed by atoms with Crippen molar-refractivity contribution in [2.24, 2.45) is 10.8 Å². The molecule has 5 nitrogen and oxygen atoms in total. The number of hydrogen-bond donors (Lipinski definition) is 2. The molecule has 0 fully saturated rings. The van der Waals surface area contributed by atoms with E-state index < -0.39 is 12.2 Å². The summed E-state index contributed by atoms with van der Waals surface area (Å²) >= 11 is 0. The summed E-state index contributed by atoms with van der Waals surface area (Å²) in [7, 11) is 0. The summed E-state index contributed by atoms with van der Waals surface area (Å²) in [6, 6.07) is 22.0. The largest absolute Gasteiger partial charge is 0.392 e. The zero-order chi connectivity index (χ0) is 33.0. The SMILES string of the molecule is CC(C)(C)C(O)CC(O)C(C)(C)C.Cc1[c-]c(-c2ncc(-c3ccc(C#N)cc3C)nc2-c2cc(C)cc(C)c2)cc(C)c1.[Ir]. The number of hydrogen-bond acceptors (Lipinski definition) is 5. The Morgan fingerprint density at radius 2 is 1.33 bits per heavy atom. The Kier molecular flexibility index (Phi) is 13.0. The van der Waals surface area contributed by atoms with Gasteiger partial charge in [-0.25, -0.2) is 0 Å². The van der Waals surface area contributed by atoms with Crippen LogP contribution in [0.25, 0.3) is 33.8 Å². The van der Waals surface area contributed by atoms with Crippen LogP contribution in [0, 0.1) is 62.8 Å². The molecule has 0 saturated heterocycles. The number of aromatic nitrogens is 2. The minimum Gasteiger partial charge on any atom is -0.392 e. The normalized spacial score (nSPS) is 12.7. The van der Waals surface area contributed by atoms with Crippen LogP contribution in [0.3, 0.4) is 0 Å². The number of nitrogens with zero attached hydrogens (tertiary/aromatic N) is 3. The molecule has 4 aromatic rings. The van der Waals surface area contributed by atoms with Crippen LogP contribution in [0.1, 0.15) is 81.3 Å². The zero-order valence-electron chi connectivity index (χ0n) is 28.6. The molecule has 2 unspecified atom stereocenters. The Balaban J connectivity index is 0.000000430. The second-order valence-corrected chi connectivity index (χ2v) is 14.2. The molecular weight excluding hydrogens is 735 g/mol. The molecule has 0 bridgehead atoms. The molecule has 3 aromatic carbocycles. The number of aliphatic hydroxyl groups is 2. The number of aryl methyl sites for hydroxylation is 5. The fraction of sp³-hybridized carbons (Fsp3) is 0.410. The van der Waals surface area contributed by atoms with Crippen molar-refractivity contribution in [2.75, 3.05) is 0 Å². The fourth-order valence-electron chi connectivity index (χ4n) is 4.99. The van der Waals surface area contributed by atoms with E-state index in [1.54, 1.807) is 0 Å². The van der Waals surface area contributed by atoms with Gasteiger partial charge in [0.25, 0.3) is 0 Å². The van der Waals surface area contributed by atoms with Crippen molar-refractivity contribution in [3.8, 4) is 39.8 Å². The minimum atomic E-state index is -0.443. The molecule has 45 heavy (non-hydrogen) atoms. The van der Waals surface area contributed by atoms with Crippen molar-refractivity contribution in [3.63, 3.8) is 0 Å². The first-order valence-electron chi connectivity index (χ1n) is 15.2. The predicted molar refractivity (Wildman–Crippen MR) is 181 cm³/mol. The van der Waals surface area contributed by atoms with Crippen LogP contribution >= 0.6 is 0 Å². The maximum absolute atomic E-state index is 9.76. The third kappa shape index (κ3) is 10.4. The predicted octanol–water partition coefficient (Wildman–Crippen LogP) is 8.88. The summed E-state index contributed by atoms with van der Waals surface area (Å²) in [5.74, 6) is 0. The molecule has 241 valence electrons.